The smallest absolute Gasteiger partial charge is 0.231 e. The van der Waals surface area contributed by atoms with Crippen LogP contribution in [0.15, 0.2) is 60.7 Å². The molecule has 0 radical (unpaired) electrons. The van der Waals surface area contributed by atoms with Crippen LogP contribution in [-0.2, 0) is 0 Å². The van der Waals surface area contributed by atoms with Gasteiger partial charge >= 0.3 is 0 Å². The molecular formula is C29H22N2O4. The van der Waals surface area contributed by atoms with E-state index in [2.05, 4.69) is 78.5 Å². The fraction of sp³-hybridized carbons (Fsp3) is 0.172. The van der Waals surface area contributed by atoms with Crippen LogP contribution < -0.4 is 23.8 Å². The molecule has 0 bridgehead atoms. The molecule has 3 aliphatic rings. The summed E-state index contributed by atoms with van der Waals surface area (Å²) in [5.74, 6) is 3.21. The van der Waals surface area contributed by atoms with Gasteiger partial charge in [0.2, 0.25) is 13.6 Å². The Morgan fingerprint density at radius 2 is 1.54 bits per heavy atom. The van der Waals surface area contributed by atoms with Crippen LogP contribution in [-0.4, -0.2) is 25.6 Å². The molecule has 8 rings (SSSR count). The Bertz CT molecular complexity index is 1700. The van der Waals surface area contributed by atoms with Crippen molar-refractivity contribution < 1.29 is 18.9 Å². The number of nitrogens with one attached hydrogen (secondary N) is 1. The predicted molar refractivity (Wildman–Crippen MR) is 135 cm³/mol. The van der Waals surface area contributed by atoms with Crippen molar-refractivity contribution in [2.24, 2.45) is 0 Å². The van der Waals surface area contributed by atoms with Gasteiger partial charge in [-0.25, -0.2) is 0 Å². The largest absolute Gasteiger partial charge is 0.454 e. The zero-order valence-electron chi connectivity index (χ0n) is 19.3. The molecule has 172 valence electrons. The van der Waals surface area contributed by atoms with Gasteiger partial charge < -0.3 is 28.8 Å². The normalized spacial score (nSPS) is 17.2. The Hall–Kier alpha value is -4.32. The third kappa shape index (κ3) is 2.43. The Balaban J connectivity index is 1.49. The van der Waals surface area contributed by atoms with E-state index in [0.717, 1.165) is 56.1 Å². The predicted octanol–water partition coefficient (Wildman–Crippen LogP) is 6.29. The van der Waals surface area contributed by atoms with Crippen molar-refractivity contribution >= 4 is 27.4 Å². The van der Waals surface area contributed by atoms with Gasteiger partial charge in [-0.15, -0.1) is 0 Å². The van der Waals surface area contributed by atoms with Crippen molar-refractivity contribution in [3.63, 3.8) is 0 Å². The molecule has 1 unspecified atom stereocenters. The Kier molecular flexibility index (Phi) is 3.61. The van der Waals surface area contributed by atoms with E-state index < -0.39 is 0 Å². The fourth-order valence-corrected chi connectivity index (χ4v) is 6.11. The van der Waals surface area contributed by atoms with Gasteiger partial charge in [-0.3, -0.25) is 0 Å². The number of aromatic amines is 1. The van der Waals surface area contributed by atoms with Crippen LogP contribution in [0, 0.1) is 6.92 Å². The molecule has 0 fully saturated rings. The standard InChI is InChI=1S/C29H22N2O4/c1-15-25(19-5-3-4-6-21(19)30-15)28-26-17(9-10-22-29(26)35-14-32-22)18-8-7-16-11-23-24(34-13-33-23)12-20(16)27(18)31(28)2/h3-12,28,30H,13-14H2,1-2H3. The van der Waals surface area contributed by atoms with E-state index in [1.807, 2.05) is 6.07 Å². The first-order chi connectivity index (χ1) is 17.2. The molecule has 0 spiro atoms. The summed E-state index contributed by atoms with van der Waals surface area (Å²) in [5.41, 5.74) is 8.16. The van der Waals surface area contributed by atoms with Crippen LogP contribution in [0.2, 0.25) is 0 Å². The number of aromatic nitrogens is 1. The molecule has 1 atom stereocenters. The van der Waals surface area contributed by atoms with Crippen molar-refractivity contribution in [1.29, 1.82) is 0 Å². The number of H-pyrrole nitrogens is 1. The number of hydrogen-bond donors (Lipinski definition) is 1. The summed E-state index contributed by atoms with van der Waals surface area (Å²) in [5, 5.41) is 3.48. The summed E-state index contributed by atoms with van der Waals surface area (Å²) in [7, 11) is 2.17. The van der Waals surface area contributed by atoms with Crippen LogP contribution in [0.3, 0.4) is 0 Å². The summed E-state index contributed by atoms with van der Waals surface area (Å²) < 4.78 is 23.3. The lowest BCUT2D eigenvalue weighted by Gasteiger charge is -2.39. The molecule has 0 aliphatic carbocycles. The first-order valence-corrected chi connectivity index (χ1v) is 11.8. The number of para-hydroxylation sites is 1. The first-order valence-electron chi connectivity index (χ1n) is 11.8. The number of rotatable bonds is 1. The molecule has 4 heterocycles. The van der Waals surface area contributed by atoms with Crippen LogP contribution in [0.5, 0.6) is 23.0 Å². The highest BCUT2D eigenvalue weighted by Crippen LogP contribution is 2.56. The summed E-state index contributed by atoms with van der Waals surface area (Å²) in [4.78, 5) is 5.99. The second-order valence-electron chi connectivity index (χ2n) is 9.37. The van der Waals surface area contributed by atoms with Gasteiger partial charge in [0.25, 0.3) is 0 Å². The Morgan fingerprint density at radius 1 is 0.771 bits per heavy atom. The van der Waals surface area contributed by atoms with Gasteiger partial charge in [-0.05, 0) is 48.2 Å². The molecule has 35 heavy (non-hydrogen) atoms. The molecule has 5 aromatic rings. The van der Waals surface area contributed by atoms with Gasteiger partial charge in [0.15, 0.2) is 23.0 Å². The first kappa shape index (κ1) is 19.0. The summed E-state index contributed by atoms with van der Waals surface area (Å²) >= 11 is 0. The van der Waals surface area contributed by atoms with Crippen molar-refractivity contribution in [3.8, 4) is 34.1 Å². The molecular weight excluding hydrogens is 440 g/mol. The monoisotopic (exact) mass is 462 g/mol. The minimum Gasteiger partial charge on any atom is -0.454 e. The second-order valence-corrected chi connectivity index (χ2v) is 9.37. The van der Waals surface area contributed by atoms with Crippen molar-refractivity contribution in [2.75, 3.05) is 25.5 Å². The van der Waals surface area contributed by atoms with Crippen molar-refractivity contribution in [2.45, 2.75) is 13.0 Å². The Morgan fingerprint density at radius 3 is 2.46 bits per heavy atom. The zero-order chi connectivity index (χ0) is 23.3. The molecule has 0 saturated carbocycles. The van der Waals surface area contributed by atoms with E-state index in [0.29, 0.717) is 0 Å². The highest BCUT2D eigenvalue weighted by molar-refractivity contribution is 6.06. The zero-order valence-corrected chi connectivity index (χ0v) is 19.3. The minimum absolute atomic E-state index is 0.0682. The van der Waals surface area contributed by atoms with Crippen molar-refractivity contribution in [3.05, 3.63) is 77.5 Å². The SMILES string of the molecule is Cc1[nH]c2ccccc2c1C1c2c(ccc3c2OCO3)-c2ccc3cc4c(cc3c2N1C)OCO4. The molecule has 0 saturated heterocycles. The van der Waals surface area contributed by atoms with Gasteiger partial charge in [0.1, 0.15) is 0 Å². The number of ether oxygens (including phenoxy) is 4. The van der Waals surface area contributed by atoms with Gasteiger partial charge in [-0.2, -0.15) is 0 Å². The maximum atomic E-state index is 6.09. The molecule has 6 nitrogen and oxygen atoms in total. The number of aryl methyl sites for hydroxylation is 1. The van der Waals surface area contributed by atoms with Crippen LogP contribution in [0.4, 0.5) is 5.69 Å². The second kappa shape index (κ2) is 6.63. The minimum atomic E-state index is -0.0682. The van der Waals surface area contributed by atoms with E-state index >= 15 is 0 Å². The van der Waals surface area contributed by atoms with E-state index in [9.17, 15) is 0 Å². The fourth-order valence-electron chi connectivity index (χ4n) is 6.11. The number of benzene rings is 4. The lowest BCUT2D eigenvalue weighted by molar-refractivity contribution is 0.173. The van der Waals surface area contributed by atoms with Crippen LogP contribution >= 0.6 is 0 Å². The van der Waals surface area contributed by atoms with E-state index in [1.165, 1.54) is 22.2 Å². The topological polar surface area (TPSA) is 56.0 Å². The summed E-state index contributed by atoms with van der Waals surface area (Å²) in [6, 6.07) is 21.2. The molecule has 3 aliphatic heterocycles. The summed E-state index contributed by atoms with van der Waals surface area (Å²) in [6.45, 7) is 2.65. The molecule has 1 aromatic heterocycles. The maximum Gasteiger partial charge on any atom is 0.231 e. The van der Waals surface area contributed by atoms with Crippen molar-refractivity contribution in [1.82, 2.24) is 4.98 Å². The quantitative estimate of drug-likeness (QED) is 0.317. The highest BCUT2D eigenvalue weighted by atomic mass is 16.7. The number of hydrogen-bond acceptors (Lipinski definition) is 5. The molecule has 1 N–H and O–H groups in total. The average molecular weight is 463 g/mol. The van der Waals surface area contributed by atoms with E-state index in [-0.39, 0.29) is 19.6 Å². The summed E-state index contributed by atoms with van der Waals surface area (Å²) in [6.07, 6.45) is 0. The lowest BCUT2D eigenvalue weighted by Crippen LogP contribution is -2.30. The van der Waals surface area contributed by atoms with E-state index in [1.54, 1.807) is 0 Å². The third-order valence-corrected chi connectivity index (χ3v) is 7.58. The van der Waals surface area contributed by atoms with Gasteiger partial charge in [-0.1, -0.05) is 30.3 Å². The van der Waals surface area contributed by atoms with Crippen LogP contribution in [0.1, 0.15) is 22.9 Å². The Labute approximate surface area is 201 Å². The van der Waals surface area contributed by atoms with E-state index in [4.69, 9.17) is 18.9 Å². The molecule has 6 heteroatoms. The number of anilines is 1. The third-order valence-electron chi connectivity index (χ3n) is 7.58. The average Bonchev–Trinajstić information content (AvgIpc) is 3.60. The number of fused-ring (bicyclic) bond motifs is 9. The highest BCUT2D eigenvalue weighted by Gasteiger charge is 2.38. The maximum absolute atomic E-state index is 6.09. The van der Waals surface area contributed by atoms with Crippen LogP contribution in [0.25, 0.3) is 32.8 Å². The van der Waals surface area contributed by atoms with Gasteiger partial charge in [0, 0.05) is 45.7 Å². The number of nitrogens with zero attached hydrogens (tertiary/aromatic N) is 1. The molecule has 0 amide bonds. The molecule has 4 aromatic carbocycles. The lowest BCUT2D eigenvalue weighted by atomic mass is 9.82. The van der Waals surface area contributed by atoms with Gasteiger partial charge in [0.05, 0.1) is 11.7 Å².